The van der Waals surface area contributed by atoms with E-state index in [9.17, 15) is 8.42 Å². The molecule has 0 bridgehead atoms. The summed E-state index contributed by atoms with van der Waals surface area (Å²) in [6.07, 6.45) is 3.67. The highest BCUT2D eigenvalue weighted by atomic mass is 32.2. The normalized spacial score (nSPS) is 12.0. The van der Waals surface area contributed by atoms with Gasteiger partial charge in [0.15, 0.2) is 0 Å². The lowest BCUT2D eigenvalue weighted by atomic mass is 10.1. The largest absolute Gasteiger partial charge is 0.330 e. The predicted molar refractivity (Wildman–Crippen MR) is 78.5 cm³/mol. The minimum atomic E-state index is -3.34. The van der Waals surface area contributed by atoms with Crippen molar-refractivity contribution in [2.24, 2.45) is 5.73 Å². The Labute approximate surface area is 116 Å². The zero-order valence-corrected chi connectivity index (χ0v) is 12.6. The van der Waals surface area contributed by atoms with Crippen molar-refractivity contribution in [2.75, 3.05) is 20.1 Å². The molecule has 4 nitrogen and oxygen atoms in total. The van der Waals surface area contributed by atoms with Crippen molar-refractivity contribution < 1.29 is 8.42 Å². The van der Waals surface area contributed by atoms with Crippen molar-refractivity contribution in [3.05, 3.63) is 29.8 Å². The fourth-order valence-electron chi connectivity index (χ4n) is 1.82. The first-order valence-corrected chi connectivity index (χ1v) is 8.21. The maximum Gasteiger partial charge on any atom is 0.242 e. The Morgan fingerprint density at radius 1 is 1.16 bits per heavy atom. The fourth-order valence-corrected chi connectivity index (χ4v) is 3.02. The highest BCUT2D eigenvalue weighted by Gasteiger charge is 2.19. The summed E-state index contributed by atoms with van der Waals surface area (Å²) in [6.45, 7) is 3.26. The lowest BCUT2D eigenvalue weighted by molar-refractivity contribution is 0.459. The number of benzene rings is 1. The Kier molecular flexibility index (Phi) is 6.48. The van der Waals surface area contributed by atoms with Gasteiger partial charge in [-0.05, 0) is 43.5 Å². The minimum Gasteiger partial charge on any atom is -0.330 e. The van der Waals surface area contributed by atoms with Crippen molar-refractivity contribution in [2.45, 2.75) is 37.5 Å². The Morgan fingerprint density at radius 2 is 1.79 bits per heavy atom. The summed E-state index contributed by atoms with van der Waals surface area (Å²) in [5.74, 6) is 0. The van der Waals surface area contributed by atoms with Crippen LogP contribution in [0.25, 0.3) is 0 Å². The van der Waals surface area contributed by atoms with Crippen LogP contribution in [0, 0.1) is 0 Å². The van der Waals surface area contributed by atoms with Crippen molar-refractivity contribution in [1.29, 1.82) is 0 Å². The minimum absolute atomic E-state index is 0.364. The molecule has 1 aromatic carbocycles. The Balaban J connectivity index is 2.78. The molecule has 0 atom stereocenters. The number of hydrogen-bond donors (Lipinski definition) is 1. The van der Waals surface area contributed by atoms with Crippen LogP contribution >= 0.6 is 0 Å². The van der Waals surface area contributed by atoms with Crippen LogP contribution in [0.4, 0.5) is 0 Å². The quantitative estimate of drug-likeness (QED) is 0.794. The molecule has 5 heteroatoms. The molecule has 108 valence electrons. The fraction of sp³-hybridized carbons (Fsp3) is 0.571. The summed E-state index contributed by atoms with van der Waals surface area (Å²) in [6, 6.07) is 7.11. The molecular weight excluding hydrogens is 260 g/mol. The second-order valence-corrected chi connectivity index (χ2v) is 6.76. The molecule has 0 saturated carbocycles. The van der Waals surface area contributed by atoms with E-state index in [1.165, 1.54) is 4.31 Å². The van der Waals surface area contributed by atoms with Gasteiger partial charge in [-0.15, -0.1) is 0 Å². The van der Waals surface area contributed by atoms with Crippen LogP contribution in [0.3, 0.4) is 0 Å². The smallest absolute Gasteiger partial charge is 0.242 e. The second-order valence-electron chi connectivity index (χ2n) is 4.72. The topological polar surface area (TPSA) is 63.4 Å². The average molecular weight is 284 g/mol. The Bertz CT molecular complexity index is 469. The molecule has 0 aliphatic rings. The van der Waals surface area contributed by atoms with Gasteiger partial charge in [0.05, 0.1) is 4.90 Å². The molecule has 1 aromatic rings. The molecular formula is C14H24N2O2S. The first-order valence-electron chi connectivity index (χ1n) is 6.77. The molecule has 0 radical (unpaired) electrons. The van der Waals surface area contributed by atoms with E-state index in [0.717, 1.165) is 31.2 Å². The molecule has 0 unspecified atom stereocenters. The second kappa shape index (κ2) is 7.62. The SMILES string of the molecule is CCCCN(C)S(=O)(=O)c1ccc(CCCN)cc1. The molecule has 0 fully saturated rings. The van der Waals surface area contributed by atoms with Crippen molar-refractivity contribution in [1.82, 2.24) is 4.31 Å². The highest BCUT2D eigenvalue weighted by molar-refractivity contribution is 7.89. The molecule has 2 N–H and O–H groups in total. The summed E-state index contributed by atoms with van der Waals surface area (Å²) in [7, 11) is -1.71. The van der Waals surface area contributed by atoms with Crippen molar-refractivity contribution in [3.63, 3.8) is 0 Å². The lowest BCUT2D eigenvalue weighted by Gasteiger charge is -2.17. The van der Waals surface area contributed by atoms with Gasteiger partial charge in [0.1, 0.15) is 0 Å². The zero-order chi connectivity index (χ0) is 14.3. The van der Waals surface area contributed by atoms with Crippen LogP contribution in [0.15, 0.2) is 29.2 Å². The number of rotatable bonds is 8. The van der Waals surface area contributed by atoms with E-state index in [0.29, 0.717) is 18.0 Å². The van der Waals surface area contributed by atoms with E-state index in [-0.39, 0.29) is 0 Å². The Hall–Kier alpha value is -0.910. The summed E-state index contributed by atoms with van der Waals surface area (Å²) in [4.78, 5) is 0.364. The predicted octanol–water partition coefficient (Wildman–Crippen LogP) is 2.00. The summed E-state index contributed by atoms with van der Waals surface area (Å²) in [5, 5.41) is 0. The molecule has 0 aliphatic carbocycles. The molecule has 0 amide bonds. The lowest BCUT2D eigenvalue weighted by Crippen LogP contribution is -2.27. The van der Waals surface area contributed by atoms with Crippen LogP contribution in [0.5, 0.6) is 0 Å². The number of hydrogen-bond acceptors (Lipinski definition) is 3. The maximum atomic E-state index is 12.3. The van der Waals surface area contributed by atoms with Crippen LogP contribution in [-0.4, -0.2) is 32.9 Å². The average Bonchev–Trinajstić information content (AvgIpc) is 2.42. The van der Waals surface area contributed by atoms with Crippen LogP contribution in [0.1, 0.15) is 31.7 Å². The number of nitrogens with zero attached hydrogens (tertiary/aromatic N) is 1. The van der Waals surface area contributed by atoms with Crippen LogP contribution < -0.4 is 5.73 Å². The molecule has 0 saturated heterocycles. The van der Waals surface area contributed by atoms with Gasteiger partial charge >= 0.3 is 0 Å². The van der Waals surface area contributed by atoms with E-state index in [1.807, 2.05) is 19.1 Å². The number of aryl methyl sites for hydroxylation is 1. The van der Waals surface area contributed by atoms with Gasteiger partial charge in [-0.25, -0.2) is 12.7 Å². The first-order chi connectivity index (χ1) is 9.02. The van der Waals surface area contributed by atoms with Crippen molar-refractivity contribution >= 4 is 10.0 Å². The molecule has 0 aliphatic heterocycles. The van der Waals surface area contributed by atoms with Gasteiger partial charge in [0.25, 0.3) is 0 Å². The molecule has 19 heavy (non-hydrogen) atoms. The number of nitrogens with two attached hydrogens (primary N) is 1. The summed E-state index contributed by atoms with van der Waals surface area (Å²) < 4.78 is 26.0. The molecule has 1 rings (SSSR count). The third-order valence-electron chi connectivity index (χ3n) is 3.13. The maximum absolute atomic E-state index is 12.3. The van der Waals surface area contributed by atoms with Crippen molar-refractivity contribution in [3.8, 4) is 0 Å². The van der Waals surface area contributed by atoms with E-state index in [2.05, 4.69) is 0 Å². The third kappa shape index (κ3) is 4.60. The Morgan fingerprint density at radius 3 is 2.32 bits per heavy atom. The summed E-state index contributed by atoms with van der Waals surface area (Å²) in [5.41, 5.74) is 6.58. The van der Waals surface area contributed by atoms with Crippen LogP contribution in [-0.2, 0) is 16.4 Å². The van der Waals surface area contributed by atoms with E-state index in [4.69, 9.17) is 5.73 Å². The van der Waals surface area contributed by atoms with Gasteiger partial charge < -0.3 is 5.73 Å². The van der Waals surface area contributed by atoms with Gasteiger partial charge in [-0.3, -0.25) is 0 Å². The highest BCUT2D eigenvalue weighted by Crippen LogP contribution is 2.16. The van der Waals surface area contributed by atoms with E-state index < -0.39 is 10.0 Å². The van der Waals surface area contributed by atoms with Crippen LogP contribution in [0.2, 0.25) is 0 Å². The van der Waals surface area contributed by atoms with E-state index in [1.54, 1.807) is 19.2 Å². The van der Waals surface area contributed by atoms with Gasteiger partial charge in [-0.2, -0.15) is 0 Å². The van der Waals surface area contributed by atoms with Gasteiger partial charge in [-0.1, -0.05) is 25.5 Å². The van der Waals surface area contributed by atoms with E-state index >= 15 is 0 Å². The van der Waals surface area contributed by atoms with Gasteiger partial charge in [0.2, 0.25) is 10.0 Å². The third-order valence-corrected chi connectivity index (χ3v) is 5.00. The standard InChI is InChI=1S/C14H24N2O2S/c1-3-4-12-16(2)19(17,18)14-9-7-13(8-10-14)6-5-11-15/h7-10H,3-6,11-12,15H2,1-2H3. The molecule has 0 aromatic heterocycles. The first kappa shape index (κ1) is 16.1. The molecule has 0 heterocycles. The summed E-state index contributed by atoms with van der Waals surface area (Å²) >= 11 is 0. The van der Waals surface area contributed by atoms with Gasteiger partial charge in [0, 0.05) is 13.6 Å². The number of sulfonamides is 1. The number of unbranched alkanes of at least 4 members (excludes halogenated alkanes) is 1. The zero-order valence-electron chi connectivity index (χ0n) is 11.8. The molecule has 0 spiro atoms. The monoisotopic (exact) mass is 284 g/mol.